The summed E-state index contributed by atoms with van der Waals surface area (Å²) in [6.07, 6.45) is 58.3. The highest BCUT2D eigenvalue weighted by Gasteiger charge is 2.51. The van der Waals surface area contributed by atoms with Gasteiger partial charge in [-0.3, -0.25) is 4.79 Å². The Morgan fingerprint density at radius 1 is 0.393 bits per heavy atom. The van der Waals surface area contributed by atoms with Gasteiger partial charge in [-0.2, -0.15) is 0 Å². The van der Waals surface area contributed by atoms with Crippen LogP contribution in [-0.2, 0) is 23.7 Å². The molecule has 0 bridgehead atoms. The fraction of sp³-hybridized carbons (Fsp3) is 0.960. The van der Waals surface area contributed by atoms with Gasteiger partial charge in [0.15, 0.2) is 12.6 Å². The van der Waals surface area contributed by atoms with Gasteiger partial charge in [0, 0.05) is 6.42 Å². The SMILES string of the molecule is CCCCCCCCCC/C=C\CCCCCCCCCCCCCCCCCCCCCCCCCCCC(=O)NC(COC1OC(CO)C(OC2OC(CO)C(O)C(O)C2O)C(O)C1O)C(O)CCCCCCCCCCCCCCCCCCCC. The molecule has 2 fully saturated rings. The molecule has 2 heterocycles. The first-order valence-electron chi connectivity index (χ1n) is 38.4. The van der Waals surface area contributed by atoms with E-state index in [9.17, 15) is 45.6 Å². The first-order valence-corrected chi connectivity index (χ1v) is 38.4. The second-order valence-corrected chi connectivity index (χ2v) is 27.5. The Balaban J connectivity index is 1.56. The number of unbranched alkanes of at least 4 members (excludes halogenated alkanes) is 50. The van der Waals surface area contributed by atoms with Crippen LogP contribution in [0.15, 0.2) is 12.2 Å². The lowest BCUT2D eigenvalue weighted by Gasteiger charge is -2.46. The fourth-order valence-electron chi connectivity index (χ4n) is 13.1. The van der Waals surface area contributed by atoms with Gasteiger partial charge in [0.1, 0.15) is 48.8 Å². The van der Waals surface area contributed by atoms with Crippen LogP contribution < -0.4 is 5.32 Å². The Kier molecular flexibility index (Phi) is 56.9. The number of carbonyl (C=O) groups excluding carboxylic acids is 1. The van der Waals surface area contributed by atoms with E-state index in [4.69, 9.17) is 18.9 Å². The van der Waals surface area contributed by atoms with E-state index in [1.165, 1.54) is 289 Å². The molecule has 12 atom stereocenters. The molecule has 2 aliphatic rings. The monoisotopic (exact) mass is 1270 g/mol. The Morgan fingerprint density at radius 2 is 0.708 bits per heavy atom. The van der Waals surface area contributed by atoms with E-state index in [0.717, 1.165) is 51.4 Å². The predicted molar refractivity (Wildman–Crippen MR) is 365 cm³/mol. The summed E-state index contributed by atoms with van der Waals surface area (Å²) in [5, 5.41) is 87.7. The molecule has 0 aliphatic carbocycles. The van der Waals surface area contributed by atoms with Crippen molar-refractivity contribution in [3.8, 4) is 0 Å². The number of carbonyl (C=O) groups is 1. The second kappa shape index (κ2) is 60.4. The van der Waals surface area contributed by atoms with Crippen LogP contribution in [0.25, 0.3) is 0 Å². The molecule has 0 spiro atoms. The minimum Gasteiger partial charge on any atom is -0.394 e. The number of hydrogen-bond acceptors (Lipinski definition) is 13. The van der Waals surface area contributed by atoms with Crippen LogP contribution >= 0.6 is 0 Å². The van der Waals surface area contributed by atoms with E-state index in [2.05, 4.69) is 31.3 Å². The van der Waals surface area contributed by atoms with E-state index in [-0.39, 0.29) is 12.5 Å². The van der Waals surface area contributed by atoms with E-state index in [1.807, 2.05) is 0 Å². The summed E-state index contributed by atoms with van der Waals surface area (Å²) >= 11 is 0. The second-order valence-electron chi connectivity index (χ2n) is 27.5. The van der Waals surface area contributed by atoms with Gasteiger partial charge in [-0.1, -0.05) is 334 Å². The summed E-state index contributed by atoms with van der Waals surface area (Å²) in [5.74, 6) is -0.197. The van der Waals surface area contributed by atoms with Crippen LogP contribution in [0.5, 0.6) is 0 Å². The lowest BCUT2D eigenvalue weighted by molar-refractivity contribution is -0.359. The fourth-order valence-corrected chi connectivity index (χ4v) is 13.1. The summed E-state index contributed by atoms with van der Waals surface area (Å²) in [5.41, 5.74) is 0. The van der Waals surface area contributed by atoms with Crippen molar-refractivity contribution in [1.29, 1.82) is 0 Å². The van der Waals surface area contributed by atoms with Crippen molar-refractivity contribution in [3.05, 3.63) is 12.2 Å². The number of aliphatic hydroxyl groups excluding tert-OH is 8. The number of ether oxygens (including phenoxy) is 4. The van der Waals surface area contributed by atoms with Gasteiger partial charge in [0.2, 0.25) is 5.91 Å². The van der Waals surface area contributed by atoms with Gasteiger partial charge in [0.05, 0.1) is 32.0 Å². The zero-order chi connectivity index (χ0) is 64.5. The minimum atomic E-state index is -1.78. The van der Waals surface area contributed by atoms with Crippen LogP contribution in [0, 0.1) is 0 Å². The first-order chi connectivity index (χ1) is 43.6. The largest absolute Gasteiger partial charge is 0.394 e. The van der Waals surface area contributed by atoms with Gasteiger partial charge < -0.3 is 65.1 Å². The summed E-state index contributed by atoms with van der Waals surface area (Å²) in [6, 6.07) is -0.825. The van der Waals surface area contributed by atoms with Gasteiger partial charge in [0.25, 0.3) is 0 Å². The number of aliphatic hydroxyl groups is 8. The van der Waals surface area contributed by atoms with E-state index in [0.29, 0.717) is 12.8 Å². The standard InChI is InChI=1S/C75H145NO13/c1-3-5-7-9-11-13-15-17-19-21-23-24-25-26-27-28-29-30-31-32-33-34-35-36-37-38-39-40-41-43-45-47-49-51-53-55-57-59-67(80)76-63(64(79)58-56-54-52-50-48-46-44-42-22-20-18-16-14-12-10-8-6-4-2)62-86-74-72(85)70(83)73(66(61-78)88-74)89-75-71(84)69(82)68(81)65(60-77)87-75/h21,23,63-66,68-75,77-79,81-85H,3-20,22,24-62H2,1-2H3,(H,76,80)/b23-21-. The van der Waals surface area contributed by atoms with Crippen molar-refractivity contribution in [2.24, 2.45) is 0 Å². The highest BCUT2D eigenvalue weighted by Crippen LogP contribution is 2.30. The highest BCUT2D eigenvalue weighted by molar-refractivity contribution is 5.76. The average Bonchev–Trinajstić information content (AvgIpc) is 1.44. The Labute approximate surface area is 546 Å². The summed E-state index contributed by atoms with van der Waals surface area (Å²) in [6.45, 7) is 2.92. The number of amides is 1. The molecule has 0 saturated carbocycles. The number of allylic oxidation sites excluding steroid dienone is 2. The van der Waals surface area contributed by atoms with Crippen molar-refractivity contribution in [3.63, 3.8) is 0 Å². The maximum Gasteiger partial charge on any atom is 0.220 e. The molecule has 2 aliphatic heterocycles. The Morgan fingerprint density at radius 3 is 1.07 bits per heavy atom. The van der Waals surface area contributed by atoms with E-state index in [1.54, 1.807) is 0 Å². The molecule has 2 rings (SSSR count). The quantitative estimate of drug-likeness (QED) is 0.0204. The third-order valence-corrected chi connectivity index (χ3v) is 19.2. The van der Waals surface area contributed by atoms with Crippen LogP contribution in [0.4, 0.5) is 0 Å². The molecule has 528 valence electrons. The van der Waals surface area contributed by atoms with E-state index >= 15 is 0 Å². The summed E-state index contributed by atoms with van der Waals surface area (Å²) in [4.78, 5) is 13.4. The number of nitrogens with one attached hydrogen (secondary N) is 1. The van der Waals surface area contributed by atoms with Gasteiger partial charge in [-0.25, -0.2) is 0 Å². The molecule has 12 unspecified atom stereocenters. The third kappa shape index (κ3) is 44.2. The maximum absolute atomic E-state index is 13.4. The summed E-state index contributed by atoms with van der Waals surface area (Å²) in [7, 11) is 0. The molecule has 2 saturated heterocycles. The van der Waals surface area contributed by atoms with Crippen molar-refractivity contribution in [1.82, 2.24) is 5.32 Å². The zero-order valence-corrected chi connectivity index (χ0v) is 57.7. The predicted octanol–water partition coefficient (Wildman–Crippen LogP) is 16.5. The average molecular weight is 1270 g/mol. The minimum absolute atomic E-state index is 0.197. The molecule has 0 aromatic carbocycles. The van der Waals surface area contributed by atoms with Crippen molar-refractivity contribution >= 4 is 5.91 Å². The Bertz CT molecular complexity index is 1540. The van der Waals surface area contributed by atoms with Crippen molar-refractivity contribution in [2.75, 3.05) is 19.8 Å². The summed E-state index contributed by atoms with van der Waals surface area (Å²) < 4.78 is 22.9. The zero-order valence-electron chi connectivity index (χ0n) is 57.7. The molecule has 14 nitrogen and oxygen atoms in total. The van der Waals surface area contributed by atoms with Crippen molar-refractivity contribution in [2.45, 2.75) is 441 Å². The maximum atomic E-state index is 13.4. The molecule has 0 aromatic rings. The van der Waals surface area contributed by atoms with E-state index < -0.39 is 86.8 Å². The van der Waals surface area contributed by atoms with Gasteiger partial charge >= 0.3 is 0 Å². The van der Waals surface area contributed by atoms with Gasteiger partial charge in [-0.05, 0) is 38.5 Å². The Hall–Kier alpha value is -1.27. The third-order valence-electron chi connectivity index (χ3n) is 19.2. The molecular formula is C75H145NO13. The normalized spacial score (nSPS) is 23.0. The lowest BCUT2D eigenvalue weighted by atomic mass is 9.97. The molecule has 0 radical (unpaired) electrons. The first kappa shape index (κ1) is 83.8. The van der Waals surface area contributed by atoms with Crippen molar-refractivity contribution < 1.29 is 64.6 Å². The molecule has 14 heteroatoms. The molecule has 9 N–H and O–H groups in total. The lowest BCUT2D eigenvalue weighted by Crippen LogP contribution is -2.65. The number of hydrogen-bond donors (Lipinski definition) is 9. The molecule has 1 amide bonds. The highest BCUT2D eigenvalue weighted by atomic mass is 16.7. The number of rotatable bonds is 65. The van der Waals surface area contributed by atoms with Crippen LogP contribution in [0.1, 0.15) is 367 Å². The molecular weight excluding hydrogens is 1120 g/mol. The topological polar surface area (TPSA) is 228 Å². The van der Waals surface area contributed by atoms with Crippen LogP contribution in [0.3, 0.4) is 0 Å². The molecule has 89 heavy (non-hydrogen) atoms. The van der Waals surface area contributed by atoms with Crippen LogP contribution in [-0.4, -0.2) is 140 Å². The molecule has 0 aromatic heterocycles. The smallest absolute Gasteiger partial charge is 0.220 e. The van der Waals surface area contributed by atoms with Gasteiger partial charge in [-0.15, -0.1) is 0 Å². The van der Waals surface area contributed by atoms with Crippen LogP contribution in [0.2, 0.25) is 0 Å².